The predicted molar refractivity (Wildman–Crippen MR) is 46.5 cm³/mol. The molecule has 1 rings (SSSR count). The van der Waals surface area contributed by atoms with E-state index in [-0.39, 0.29) is 12.1 Å². The number of nitriles is 1. The topological polar surface area (TPSA) is 53.8 Å². The number of carbonyl (C=O) groups is 1. The van der Waals surface area contributed by atoms with Gasteiger partial charge in [0, 0.05) is 10.7 Å². The highest BCUT2D eigenvalue weighted by Gasteiger charge is 2.12. The SMILES string of the molecule is N#CCC(=O)c1ncc(Br)cc1F. The van der Waals surface area contributed by atoms with Crippen molar-refractivity contribution in [3.63, 3.8) is 0 Å². The van der Waals surface area contributed by atoms with E-state index in [0.717, 1.165) is 6.07 Å². The lowest BCUT2D eigenvalue weighted by atomic mass is 10.2. The summed E-state index contributed by atoms with van der Waals surface area (Å²) in [5.74, 6) is -1.32. The average molecular weight is 243 g/mol. The highest BCUT2D eigenvalue weighted by atomic mass is 79.9. The molecule has 0 aliphatic carbocycles. The van der Waals surface area contributed by atoms with Crippen LogP contribution in [0.4, 0.5) is 4.39 Å². The Kier molecular flexibility index (Phi) is 3.09. The highest BCUT2D eigenvalue weighted by molar-refractivity contribution is 9.10. The molecule has 0 unspecified atom stereocenters. The first-order valence-corrected chi connectivity index (χ1v) is 4.15. The minimum absolute atomic E-state index is 0.287. The predicted octanol–water partition coefficient (Wildman–Crippen LogP) is 2.08. The molecular weight excluding hydrogens is 239 g/mol. The molecule has 0 amide bonds. The zero-order valence-electron chi connectivity index (χ0n) is 6.42. The lowest BCUT2D eigenvalue weighted by Gasteiger charge is -1.97. The normalized spacial score (nSPS) is 9.31. The Bertz CT molecular complexity index is 386. The third-order valence-corrected chi connectivity index (χ3v) is 1.75. The lowest BCUT2D eigenvalue weighted by Crippen LogP contribution is -2.04. The van der Waals surface area contributed by atoms with Gasteiger partial charge in [0.1, 0.15) is 12.1 Å². The summed E-state index contributed by atoms with van der Waals surface area (Å²) in [6.07, 6.45) is 0.958. The van der Waals surface area contributed by atoms with Crippen molar-refractivity contribution >= 4 is 21.7 Å². The number of pyridine rings is 1. The fourth-order valence-corrected chi connectivity index (χ4v) is 1.08. The summed E-state index contributed by atoms with van der Waals surface area (Å²) in [4.78, 5) is 14.6. The van der Waals surface area contributed by atoms with Crippen molar-refractivity contribution in [3.05, 3.63) is 28.2 Å². The van der Waals surface area contributed by atoms with Crippen molar-refractivity contribution in [1.29, 1.82) is 5.26 Å². The van der Waals surface area contributed by atoms with Crippen molar-refractivity contribution in [2.45, 2.75) is 6.42 Å². The minimum Gasteiger partial charge on any atom is -0.291 e. The van der Waals surface area contributed by atoms with Gasteiger partial charge in [-0.1, -0.05) is 0 Å². The van der Waals surface area contributed by atoms with Crippen LogP contribution in [0.25, 0.3) is 0 Å². The summed E-state index contributed by atoms with van der Waals surface area (Å²) < 4.78 is 13.5. The summed E-state index contributed by atoms with van der Waals surface area (Å²) >= 11 is 3.01. The van der Waals surface area contributed by atoms with Gasteiger partial charge < -0.3 is 0 Å². The molecule has 0 fully saturated rings. The maximum Gasteiger partial charge on any atom is 0.198 e. The number of nitrogens with zero attached hydrogens (tertiary/aromatic N) is 2. The van der Waals surface area contributed by atoms with Crippen molar-refractivity contribution in [3.8, 4) is 6.07 Å². The van der Waals surface area contributed by atoms with Gasteiger partial charge in [-0.25, -0.2) is 9.37 Å². The molecule has 0 bridgehead atoms. The van der Waals surface area contributed by atoms with Crippen molar-refractivity contribution < 1.29 is 9.18 Å². The van der Waals surface area contributed by atoms with Gasteiger partial charge in [0.2, 0.25) is 0 Å². The number of aromatic nitrogens is 1. The summed E-state index contributed by atoms with van der Waals surface area (Å²) in [7, 11) is 0. The van der Waals surface area contributed by atoms with Crippen LogP contribution in [0.5, 0.6) is 0 Å². The number of hydrogen-bond acceptors (Lipinski definition) is 3. The number of ketones is 1. The van der Waals surface area contributed by atoms with Crippen LogP contribution in [0.1, 0.15) is 16.9 Å². The number of Topliss-reactive ketones (excluding diaryl/α,β-unsaturated/α-hetero) is 1. The van der Waals surface area contributed by atoms with E-state index in [2.05, 4.69) is 20.9 Å². The van der Waals surface area contributed by atoms with Crippen molar-refractivity contribution in [1.82, 2.24) is 4.98 Å². The number of rotatable bonds is 2. The molecule has 0 aliphatic rings. The first-order chi connectivity index (χ1) is 6.15. The molecular formula is C8H4BrFN2O. The molecule has 1 aromatic heterocycles. The van der Waals surface area contributed by atoms with E-state index in [1.807, 2.05) is 0 Å². The van der Waals surface area contributed by atoms with Crippen LogP contribution in [0.3, 0.4) is 0 Å². The van der Waals surface area contributed by atoms with Crippen LogP contribution in [-0.4, -0.2) is 10.8 Å². The van der Waals surface area contributed by atoms with Gasteiger partial charge in [-0.15, -0.1) is 0 Å². The monoisotopic (exact) mass is 242 g/mol. The Balaban J connectivity index is 3.03. The maximum atomic E-state index is 13.0. The number of hydrogen-bond donors (Lipinski definition) is 0. The molecule has 0 saturated carbocycles. The van der Waals surface area contributed by atoms with E-state index in [0.29, 0.717) is 4.47 Å². The van der Waals surface area contributed by atoms with E-state index < -0.39 is 11.6 Å². The van der Waals surface area contributed by atoms with E-state index in [4.69, 9.17) is 5.26 Å². The van der Waals surface area contributed by atoms with Crippen molar-refractivity contribution in [2.24, 2.45) is 0 Å². The second kappa shape index (κ2) is 4.10. The largest absolute Gasteiger partial charge is 0.291 e. The number of carbonyl (C=O) groups excluding carboxylic acids is 1. The lowest BCUT2D eigenvalue weighted by molar-refractivity contribution is 0.0988. The van der Waals surface area contributed by atoms with Crippen LogP contribution in [0, 0.1) is 17.1 Å². The van der Waals surface area contributed by atoms with Gasteiger partial charge in [0.25, 0.3) is 0 Å². The summed E-state index contributed by atoms with van der Waals surface area (Å²) in [5.41, 5.74) is -0.287. The molecule has 1 aromatic rings. The van der Waals surface area contributed by atoms with Gasteiger partial charge in [0.15, 0.2) is 11.6 Å². The molecule has 0 atom stereocenters. The summed E-state index contributed by atoms with van der Waals surface area (Å²) in [6, 6.07) is 2.78. The fourth-order valence-electron chi connectivity index (χ4n) is 0.775. The van der Waals surface area contributed by atoms with Crippen LogP contribution < -0.4 is 0 Å². The number of halogens is 2. The quantitative estimate of drug-likeness (QED) is 0.747. The van der Waals surface area contributed by atoms with E-state index in [9.17, 15) is 9.18 Å². The Morgan fingerprint density at radius 3 is 3.00 bits per heavy atom. The highest BCUT2D eigenvalue weighted by Crippen LogP contribution is 2.13. The minimum atomic E-state index is -0.713. The van der Waals surface area contributed by atoms with E-state index >= 15 is 0 Å². The van der Waals surface area contributed by atoms with Gasteiger partial charge >= 0.3 is 0 Å². The zero-order valence-corrected chi connectivity index (χ0v) is 8.01. The first kappa shape index (κ1) is 9.81. The molecule has 0 radical (unpaired) electrons. The Morgan fingerprint density at radius 2 is 2.46 bits per heavy atom. The molecule has 0 aromatic carbocycles. The third-order valence-electron chi connectivity index (χ3n) is 1.31. The fraction of sp³-hybridized carbons (Fsp3) is 0.125. The van der Waals surface area contributed by atoms with Crippen LogP contribution in [0.2, 0.25) is 0 Å². The third kappa shape index (κ3) is 2.33. The smallest absolute Gasteiger partial charge is 0.198 e. The Morgan fingerprint density at radius 1 is 1.77 bits per heavy atom. The molecule has 0 N–H and O–H groups in total. The summed E-state index contributed by atoms with van der Waals surface area (Å²) in [6.45, 7) is 0. The Hall–Kier alpha value is -1.28. The molecule has 0 spiro atoms. The van der Waals surface area contributed by atoms with E-state index in [1.54, 1.807) is 6.07 Å². The first-order valence-electron chi connectivity index (χ1n) is 3.36. The Labute approximate surface area is 82.3 Å². The van der Waals surface area contributed by atoms with Crippen LogP contribution >= 0.6 is 15.9 Å². The van der Waals surface area contributed by atoms with Gasteiger partial charge in [-0.05, 0) is 22.0 Å². The van der Waals surface area contributed by atoms with Gasteiger partial charge in [-0.2, -0.15) is 5.26 Å². The standard InChI is InChI=1S/C8H4BrFN2O/c9-5-3-6(10)8(12-4-5)7(13)1-2-11/h3-4H,1H2. The molecule has 0 aliphatic heterocycles. The average Bonchev–Trinajstić information content (AvgIpc) is 2.04. The van der Waals surface area contributed by atoms with E-state index in [1.165, 1.54) is 6.20 Å². The molecule has 1 heterocycles. The molecule has 66 valence electrons. The second-order valence-corrected chi connectivity index (χ2v) is 3.16. The molecule has 3 nitrogen and oxygen atoms in total. The van der Waals surface area contributed by atoms with Crippen LogP contribution in [-0.2, 0) is 0 Å². The van der Waals surface area contributed by atoms with Crippen LogP contribution in [0.15, 0.2) is 16.7 Å². The molecule has 5 heteroatoms. The van der Waals surface area contributed by atoms with Gasteiger partial charge in [-0.3, -0.25) is 4.79 Å². The molecule has 0 saturated heterocycles. The maximum absolute atomic E-state index is 13.0. The summed E-state index contributed by atoms with van der Waals surface area (Å²) in [5, 5.41) is 8.21. The second-order valence-electron chi connectivity index (χ2n) is 2.24. The van der Waals surface area contributed by atoms with Crippen molar-refractivity contribution in [2.75, 3.05) is 0 Å². The molecule has 13 heavy (non-hydrogen) atoms. The zero-order chi connectivity index (χ0) is 9.84. The van der Waals surface area contributed by atoms with Gasteiger partial charge in [0.05, 0.1) is 6.07 Å².